The summed E-state index contributed by atoms with van der Waals surface area (Å²) < 4.78 is 5.51. The number of amides is 1. The van der Waals surface area contributed by atoms with E-state index in [1.165, 1.54) is 0 Å². The summed E-state index contributed by atoms with van der Waals surface area (Å²) >= 11 is 0. The van der Waals surface area contributed by atoms with Gasteiger partial charge in [-0.25, -0.2) is 0 Å². The average Bonchev–Trinajstić information content (AvgIpc) is 2.47. The Bertz CT molecular complexity index is 471. The first-order valence-electron chi connectivity index (χ1n) is 7.22. The lowest BCUT2D eigenvalue weighted by atomic mass is 10.1. The predicted octanol–water partition coefficient (Wildman–Crippen LogP) is 3.53. The first-order valence-corrected chi connectivity index (χ1v) is 7.22. The van der Waals surface area contributed by atoms with Gasteiger partial charge in [0.2, 0.25) is 5.91 Å². The number of hydrogen-bond acceptors (Lipinski definition) is 3. The molecule has 1 amide bonds. The average molecular weight is 274 g/mol. The van der Waals surface area contributed by atoms with Crippen LogP contribution in [0.2, 0.25) is 0 Å². The second kappa shape index (κ2) is 7.58. The second-order valence-electron chi connectivity index (χ2n) is 4.97. The summed E-state index contributed by atoms with van der Waals surface area (Å²) in [5.41, 5.74) is 1.83. The molecular weight excluding hydrogens is 252 g/mol. The van der Waals surface area contributed by atoms with Gasteiger partial charge in [0.15, 0.2) is 0 Å². The molecule has 0 aromatic heterocycles. The molecule has 0 saturated heterocycles. The van der Waals surface area contributed by atoms with Crippen molar-refractivity contribution in [3.63, 3.8) is 0 Å². The van der Waals surface area contributed by atoms with Crippen molar-refractivity contribution < 1.29 is 9.53 Å². The Labute approximate surface area is 120 Å². The fraction of sp³-hybridized carbons (Fsp3) is 0.438. The van der Waals surface area contributed by atoms with Gasteiger partial charge in [0.05, 0.1) is 12.8 Å². The van der Waals surface area contributed by atoms with E-state index in [1.54, 1.807) is 6.26 Å². The number of carbonyl (C=O) groups excluding carboxylic acids is 1. The summed E-state index contributed by atoms with van der Waals surface area (Å²) in [7, 11) is 0. The van der Waals surface area contributed by atoms with Gasteiger partial charge in [0, 0.05) is 17.8 Å². The Morgan fingerprint density at radius 1 is 1.40 bits per heavy atom. The van der Waals surface area contributed by atoms with Crippen LogP contribution in [0.3, 0.4) is 0 Å². The maximum atomic E-state index is 11.6. The molecule has 4 nitrogen and oxygen atoms in total. The highest BCUT2D eigenvalue weighted by Crippen LogP contribution is 2.17. The second-order valence-corrected chi connectivity index (χ2v) is 4.97. The largest absolute Gasteiger partial charge is 0.497 e. The summed E-state index contributed by atoms with van der Waals surface area (Å²) in [5.74, 6) is 0.0606. The number of rotatable bonds is 6. The van der Waals surface area contributed by atoms with Crippen molar-refractivity contribution in [2.45, 2.75) is 38.7 Å². The molecule has 0 bridgehead atoms. The monoisotopic (exact) mass is 274 g/mol. The molecule has 1 aliphatic rings. The highest BCUT2D eigenvalue weighted by molar-refractivity contribution is 5.91. The van der Waals surface area contributed by atoms with E-state index in [4.69, 9.17) is 4.74 Å². The molecule has 0 fully saturated rings. The Morgan fingerprint density at radius 2 is 2.25 bits per heavy atom. The van der Waals surface area contributed by atoms with E-state index in [0.29, 0.717) is 6.42 Å². The molecule has 2 rings (SSSR count). The van der Waals surface area contributed by atoms with E-state index in [9.17, 15) is 4.79 Å². The topological polar surface area (TPSA) is 50.4 Å². The summed E-state index contributed by atoms with van der Waals surface area (Å²) in [4.78, 5) is 11.6. The molecule has 1 aromatic carbocycles. The minimum atomic E-state index is 0.0606. The van der Waals surface area contributed by atoms with E-state index in [-0.39, 0.29) is 12.0 Å². The van der Waals surface area contributed by atoms with Gasteiger partial charge in [-0.15, -0.1) is 0 Å². The third-order valence-corrected chi connectivity index (χ3v) is 3.18. The molecular formula is C16H22N2O2. The SMILES string of the molecule is CCCC(=O)Nc1cccc(NC[C@@H]2CCC=CO2)c1. The molecule has 108 valence electrons. The van der Waals surface area contributed by atoms with Crippen molar-refractivity contribution >= 4 is 17.3 Å². The molecule has 1 aliphatic heterocycles. The van der Waals surface area contributed by atoms with Crippen LogP contribution in [0.5, 0.6) is 0 Å². The van der Waals surface area contributed by atoms with E-state index >= 15 is 0 Å². The Morgan fingerprint density at radius 3 is 3.00 bits per heavy atom. The summed E-state index contributed by atoms with van der Waals surface area (Å²) in [6, 6.07) is 7.78. The van der Waals surface area contributed by atoms with Crippen LogP contribution in [0.25, 0.3) is 0 Å². The van der Waals surface area contributed by atoms with Crippen LogP contribution in [0.15, 0.2) is 36.6 Å². The van der Waals surface area contributed by atoms with Gasteiger partial charge < -0.3 is 15.4 Å². The number of anilines is 2. The van der Waals surface area contributed by atoms with Crippen LogP contribution in [-0.2, 0) is 9.53 Å². The Kier molecular flexibility index (Phi) is 5.47. The van der Waals surface area contributed by atoms with E-state index in [2.05, 4.69) is 10.6 Å². The van der Waals surface area contributed by atoms with Crippen molar-refractivity contribution in [1.82, 2.24) is 0 Å². The molecule has 0 spiro atoms. The molecule has 20 heavy (non-hydrogen) atoms. The zero-order chi connectivity index (χ0) is 14.2. The first kappa shape index (κ1) is 14.4. The predicted molar refractivity (Wildman–Crippen MR) is 81.7 cm³/mol. The van der Waals surface area contributed by atoms with E-state index < -0.39 is 0 Å². The molecule has 0 radical (unpaired) electrons. The number of benzene rings is 1. The van der Waals surface area contributed by atoms with Crippen molar-refractivity contribution in [3.8, 4) is 0 Å². The summed E-state index contributed by atoms with van der Waals surface area (Å²) in [6.07, 6.45) is 7.56. The van der Waals surface area contributed by atoms with Gasteiger partial charge in [0.1, 0.15) is 6.10 Å². The molecule has 0 saturated carbocycles. The molecule has 2 N–H and O–H groups in total. The van der Waals surface area contributed by atoms with Crippen LogP contribution in [0.1, 0.15) is 32.6 Å². The Balaban J connectivity index is 1.85. The minimum Gasteiger partial charge on any atom is -0.497 e. The van der Waals surface area contributed by atoms with Gasteiger partial charge in [0.25, 0.3) is 0 Å². The third kappa shape index (κ3) is 4.61. The van der Waals surface area contributed by atoms with Crippen LogP contribution in [0.4, 0.5) is 11.4 Å². The maximum Gasteiger partial charge on any atom is 0.224 e. The minimum absolute atomic E-state index is 0.0606. The number of allylic oxidation sites excluding steroid dienone is 1. The Hall–Kier alpha value is -1.97. The molecule has 1 atom stereocenters. The zero-order valence-corrected chi connectivity index (χ0v) is 11.9. The fourth-order valence-electron chi connectivity index (χ4n) is 2.12. The normalized spacial score (nSPS) is 17.4. The molecule has 1 aromatic rings. The first-order chi connectivity index (χ1) is 9.78. The highest BCUT2D eigenvalue weighted by atomic mass is 16.5. The van der Waals surface area contributed by atoms with E-state index in [0.717, 1.165) is 37.2 Å². The maximum absolute atomic E-state index is 11.6. The van der Waals surface area contributed by atoms with Gasteiger partial charge in [-0.05, 0) is 43.5 Å². The van der Waals surface area contributed by atoms with E-state index in [1.807, 2.05) is 37.3 Å². The molecule has 0 aliphatic carbocycles. The highest BCUT2D eigenvalue weighted by Gasteiger charge is 2.10. The van der Waals surface area contributed by atoms with Gasteiger partial charge in [-0.2, -0.15) is 0 Å². The molecule has 4 heteroatoms. The van der Waals surface area contributed by atoms with Crippen LogP contribution in [0, 0.1) is 0 Å². The van der Waals surface area contributed by atoms with Gasteiger partial charge in [-0.3, -0.25) is 4.79 Å². The van der Waals surface area contributed by atoms with Crippen molar-refractivity contribution in [3.05, 3.63) is 36.6 Å². The number of nitrogens with one attached hydrogen (secondary N) is 2. The summed E-state index contributed by atoms with van der Waals surface area (Å²) in [5, 5.41) is 6.25. The standard InChI is InChI=1S/C16H22N2O2/c1-2-6-16(19)18-14-8-5-7-13(11-14)17-12-15-9-3-4-10-20-15/h4-5,7-8,10-11,15,17H,2-3,6,9,12H2,1H3,(H,18,19)/t15-/m0/s1. The smallest absolute Gasteiger partial charge is 0.224 e. The third-order valence-electron chi connectivity index (χ3n) is 3.18. The van der Waals surface area contributed by atoms with Crippen molar-refractivity contribution in [2.75, 3.05) is 17.2 Å². The molecule has 1 heterocycles. The lowest BCUT2D eigenvalue weighted by Gasteiger charge is -2.20. The summed E-state index contributed by atoms with van der Waals surface area (Å²) in [6.45, 7) is 2.77. The molecule has 0 unspecified atom stereocenters. The lowest BCUT2D eigenvalue weighted by molar-refractivity contribution is -0.116. The number of carbonyl (C=O) groups is 1. The van der Waals surface area contributed by atoms with Crippen LogP contribution in [-0.4, -0.2) is 18.6 Å². The van der Waals surface area contributed by atoms with Crippen LogP contribution < -0.4 is 10.6 Å². The van der Waals surface area contributed by atoms with Gasteiger partial charge in [-0.1, -0.05) is 13.0 Å². The zero-order valence-electron chi connectivity index (χ0n) is 11.9. The van der Waals surface area contributed by atoms with Crippen molar-refractivity contribution in [1.29, 1.82) is 0 Å². The van der Waals surface area contributed by atoms with Crippen molar-refractivity contribution in [2.24, 2.45) is 0 Å². The number of hydrogen-bond donors (Lipinski definition) is 2. The quantitative estimate of drug-likeness (QED) is 0.834. The fourth-order valence-corrected chi connectivity index (χ4v) is 2.12. The lowest BCUT2D eigenvalue weighted by Crippen LogP contribution is -2.23. The van der Waals surface area contributed by atoms with Gasteiger partial charge >= 0.3 is 0 Å². The number of ether oxygens (including phenoxy) is 1. The van der Waals surface area contributed by atoms with Crippen LogP contribution >= 0.6 is 0 Å².